The molecule has 0 aliphatic carbocycles. The van der Waals surface area contributed by atoms with Gasteiger partial charge >= 0.3 is 0 Å². The lowest BCUT2D eigenvalue weighted by molar-refractivity contribution is -0.118. The lowest BCUT2D eigenvalue weighted by Gasteiger charge is -2.14. The Bertz CT molecular complexity index is 628. The standard InChI is InChI=1S/C18H21NO4/c1-3-21-15-10-11-17(22-4-2)16(12-15)19-18(20)13-23-14-8-6-5-7-9-14/h5-12H,3-4,13H2,1-2H3,(H,19,20). The van der Waals surface area contributed by atoms with Crippen molar-refractivity contribution in [2.45, 2.75) is 13.8 Å². The molecule has 2 aromatic rings. The Balaban J connectivity index is 2.01. The minimum absolute atomic E-state index is 0.0750. The summed E-state index contributed by atoms with van der Waals surface area (Å²) in [5, 5.41) is 2.80. The van der Waals surface area contributed by atoms with Crippen LogP contribution in [-0.4, -0.2) is 25.7 Å². The van der Waals surface area contributed by atoms with Crippen LogP contribution in [0.5, 0.6) is 17.2 Å². The highest BCUT2D eigenvalue weighted by molar-refractivity contribution is 5.93. The first-order chi connectivity index (χ1) is 11.2. The minimum atomic E-state index is -0.261. The summed E-state index contributed by atoms with van der Waals surface area (Å²) >= 11 is 0. The van der Waals surface area contributed by atoms with E-state index in [1.807, 2.05) is 38.1 Å². The van der Waals surface area contributed by atoms with Gasteiger partial charge in [0.2, 0.25) is 0 Å². The fourth-order valence-corrected chi connectivity index (χ4v) is 2.00. The molecule has 0 spiro atoms. The van der Waals surface area contributed by atoms with Gasteiger partial charge in [0.15, 0.2) is 6.61 Å². The second kappa shape index (κ2) is 8.68. The average Bonchev–Trinajstić information content (AvgIpc) is 2.57. The van der Waals surface area contributed by atoms with E-state index < -0.39 is 0 Å². The lowest BCUT2D eigenvalue weighted by Crippen LogP contribution is -2.20. The Morgan fingerprint density at radius 3 is 2.35 bits per heavy atom. The molecule has 0 aliphatic heterocycles. The van der Waals surface area contributed by atoms with E-state index >= 15 is 0 Å². The summed E-state index contributed by atoms with van der Waals surface area (Å²) in [6.45, 7) is 4.78. The number of benzene rings is 2. The zero-order valence-electron chi connectivity index (χ0n) is 13.4. The van der Waals surface area contributed by atoms with Crippen molar-refractivity contribution in [1.29, 1.82) is 0 Å². The largest absolute Gasteiger partial charge is 0.494 e. The molecule has 0 unspecified atom stereocenters. The van der Waals surface area contributed by atoms with Crippen LogP contribution in [0.15, 0.2) is 48.5 Å². The normalized spacial score (nSPS) is 10.0. The van der Waals surface area contributed by atoms with Crippen LogP contribution in [0.2, 0.25) is 0 Å². The number of hydrogen-bond acceptors (Lipinski definition) is 4. The van der Waals surface area contributed by atoms with E-state index in [0.29, 0.717) is 36.1 Å². The number of anilines is 1. The van der Waals surface area contributed by atoms with Crippen LogP contribution in [-0.2, 0) is 4.79 Å². The van der Waals surface area contributed by atoms with Gasteiger partial charge in [0.1, 0.15) is 17.2 Å². The summed E-state index contributed by atoms with van der Waals surface area (Å²) in [5.41, 5.74) is 0.569. The number of nitrogens with one attached hydrogen (secondary N) is 1. The number of amides is 1. The summed E-state index contributed by atoms with van der Waals surface area (Å²) in [4.78, 5) is 12.1. The molecule has 0 aromatic heterocycles. The van der Waals surface area contributed by atoms with Crippen molar-refractivity contribution < 1.29 is 19.0 Å². The Morgan fingerprint density at radius 2 is 1.65 bits per heavy atom. The second-order valence-corrected chi connectivity index (χ2v) is 4.67. The van der Waals surface area contributed by atoms with Gasteiger partial charge in [0.05, 0.1) is 18.9 Å². The fraction of sp³-hybridized carbons (Fsp3) is 0.278. The first-order valence-electron chi connectivity index (χ1n) is 7.60. The van der Waals surface area contributed by atoms with Crippen LogP contribution in [0.1, 0.15) is 13.8 Å². The van der Waals surface area contributed by atoms with Crippen molar-refractivity contribution in [2.24, 2.45) is 0 Å². The Labute approximate surface area is 136 Å². The Morgan fingerprint density at radius 1 is 0.913 bits per heavy atom. The van der Waals surface area contributed by atoms with Crippen LogP contribution in [0.4, 0.5) is 5.69 Å². The molecule has 122 valence electrons. The number of para-hydroxylation sites is 1. The van der Waals surface area contributed by atoms with Gasteiger partial charge in [-0.05, 0) is 38.1 Å². The van der Waals surface area contributed by atoms with Crippen molar-refractivity contribution in [3.05, 3.63) is 48.5 Å². The number of rotatable bonds is 8. The lowest BCUT2D eigenvalue weighted by atomic mass is 10.2. The molecule has 0 atom stereocenters. The number of ether oxygens (including phenoxy) is 3. The summed E-state index contributed by atoms with van der Waals surface area (Å²) in [6.07, 6.45) is 0. The van der Waals surface area contributed by atoms with Crippen molar-refractivity contribution in [3.63, 3.8) is 0 Å². The van der Waals surface area contributed by atoms with Gasteiger partial charge in [0.25, 0.3) is 5.91 Å². The summed E-state index contributed by atoms with van der Waals surface area (Å²) in [5.74, 6) is 1.67. The van der Waals surface area contributed by atoms with Crippen LogP contribution in [0.25, 0.3) is 0 Å². The third-order valence-electron chi connectivity index (χ3n) is 2.95. The first-order valence-corrected chi connectivity index (χ1v) is 7.60. The number of hydrogen-bond donors (Lipinski definition) is 1. The van der Waals surface area contributed by atoms with Crippen molar-refractivity contribution in [2.75, 3.05) is 25.1 Å². The smallest absolute Gasteiger partial charge is 0.262 e. The third-order valence-corrected chi connectivity index (χ3v) is 2.95. The van der Waals surface area contributed by atoms with Gasteiger partial charge in [-0.15, -0.1) is 0 Å². The molecule has 1 amide bonds. The highest BCUT2D eigenvalue weighted by Crippen LogP contribution is 2.29. The van der Waals surface area contributed by atoms with Crippen molar-refractivity contribution in [1.82, 2.24) is 0 Å². The molecule has 0 radical (unpaired) electrons. The highest BCUT2D eigenvalue weighted by atomic mass is 16.5. The molecule has 0 fully saturated rings. The maximum Gasteiger partial charge on any atom is 0.262 e. The molecule has 2 aromatic carbocycles. The maximum atomic E-state index is 12.1. The van der Waals surface area contributed by atoms with Gasteiger partial charge in [-0.3, -0.25) is 4.79 Å². The molecular weight excluding hydrogens is 294 g/mol. The van der Waals surface area contributed by atoms with Crippen LogP contribution in [0.3, 0.4) is 0 Å². The second-order valence-electron chi connectivity index (χ2n) is 4.67. The van der Waals surface area contributed by atoms with Crippen molar-refractivity contribution in [3.8, 4) is 17.2 Å². The summed E-state index contributed by atoms with van der Waals surface area (Å²) in [7, 11) is 0. The monoisotopic (exact) mass is 315 g/mol. The van der Waals surface area contributed by atoms with Gasteiger partial charge in [-0.1, -0.05) is 18.2 Å². The van der Waals surface area contributed by atoms with E-state index in [0.717, 1.165) is 0 Å². The van der Waals surface area contributed by atoms with E-state index in [2.05, 4.69) is 5.32 Å². The number of carbonyl (C=O) groups excluding carboxylic acids is 1. The summed E-state index contributed by atoms with van der Waals surface area (Å²) in [6, 6.07) is 14.5. The van der Waals surface area contributed by atoms with E-state index in [4.69, 9.17) is 14.2 Å². The van der Waals surface area contributed by atoms with Crippen molar-refractivity contribution >= 4 is 11.6 Å². The molecule has 5 nitrogen and oxygen atoms in total. The zero-order valence-corrected chi connectivity index (χ0v) is 13.4. The molecule has 0 saturated carbocycles. The topological polar surface area (TPSA) is 56.8 Å². The van der Waals surface area contributed by atoms with Crippen LogP contribution in [0, 0.1) is 0 Å². The van der Waals surface area contributed by atoms with Crippen LogP contribution < -0.4 is 19.5 Å². The number of carbonyl (C=O) groups is 1. The summed E-state index contributed by atoms with van der Waals surface area (Å²) < 4.78 is 16.4. The van der Waals surface area contributed by atoms with E-state index in [1.165, 1.54) is 0 Å². The molecule has 23 heavy (non-hydrogen) atoms. The Kier molecular flexibility index (Phi) is 6.29. The molecule has 0 saturated heterocycles. The van der Waals surface area contributed by atoms with E-state index in [9.17, 15) is 4.79 Å². The van der Waals surface area contributed by atoms with E-state index in [-0.39, 0.29) is 12.5 Å². The quantitative estimate of drug-likeness (QED) is 0.810. The predicted octanol–water partition coefficient (Wildman–Crippen LogP) is 3.50. The third kappa shape index (κ3) is 5.21. The van der Waals surface area contributed by atoms with Gasteiger partial charge in [0, 0.05) is 6.07 Å². The highest BCUT2D eigenvalue weighted by Gasteiger charge is 2.10. The molecule has 1 N–H and O–H groups in total. The zero-order chi connectivity index (χ0) is 16.5. The molecular formula is C18H21NO4. The maximum absolute atomic E-state index is 12.1. The molecule has 0 bridgehead atoms. The predicted molar refractivity (Wildman–Crippen MR) is 89.3 cm³/mol. The van der Waals surface area contributed by atoms with Gasteiger partial charge < -0.3 is 19.5 Å². The molecule has 5 heteroatoms. The minimum Gasteiger partial charge on any atom is -0.494 e. The fourth-order valence-electron chi connectivity index (χ4n) is 2.00. The van der Waals surface area contributed by atoms with Gasteiger partial charge in [-0.2, -0.15) is 0 Å². The first kappa shape index (κ1) is 16.7. The van der Waals surface area contributed by atoms with E-state index in [1.54, 1.807) is 24.3 Å². The average molecular weight is 315 g/mol. The molecule has 2 rings (SSSR count). The van der Waals surface area contributed by atoms with Gasteiger partial charge in [-0.25, -0.2) is 0 Å². The molecule has 0 heterocycles. The van der Waals surface area contributed by atoms with Crippen LogP contribution >= 0.6 is 0 Å². The Hall–Kier alpha value is -2.69. The SMILES string of the molecule is CCOc1ccc(OCC)c(NC(=O)COc2ccccc2)c1. The molecule has 0 aliphatic rings.